The second kappa shape index (κ2) is 13.7. The summed E-state index contributed by atoms with van der Waals surface area (Å²) in [7, 11) is 0. The molecule has 1 heterocycles. The average molecular weight is 468 g/mol. The third-order valence-electron chi connectivity index (χ3n) is 6.06. The lowest BCUT2D eigenvalue weighted by atomic mass is 9.82. The van der Waals surface area contributed by atoms with Gasteiger partial charge < -0.3 is 16.0 Å². The Morgan fingerprint density at radius 3 is 2.10 bits per heavy atom. The standard InChI is InChI=1S/C21H34N4O.3ClH/c1-2-24-12-14-25(15-13-24)17-19-9-5-4-8-18(19)16-23-20(26)21(22)10-6-3-7-11-21;;;/h4-5,8-9H,2-3,6-7,10-17,22H2,1H3,(H,23,26);3*1H. The zero-order valence-electron chi connectivity index (χ0n) is 17.4. The van der Waals surface area contributed by atoms with E-state index in [1.54, 1.807) is 0 Å². The fourth-order valence-corrected chi connectivity index (χ4v) is 4.15. The molecule has 5 nitrogen and oxygen atoms in total. The van der Waals surface area contributed by atoms with E-state index < -0.39 is 5.54 Å². The molecule has 0 aromatic heterocycles. The van der Waals surface area contributed by atoms with Gasteiger partial charge in [-0.1, -0.05) is 50.5 Å². The Balaban J connectivity index is 0.00000261. The van der Waals surface area contributed by atoms with Crippen molar-refractivity contribution in [2.75, 3.05) is 32.7 Å². The molecule has 0 atom stereocenters. The molecule has 0 spiro atoms. The molecular weight excluding hydrogens is 431 g/mol. The average Bonchev–Trinajstić information content (AvgIpc) is 2.68. The van der Waals surface area contributed by atoms with Crippen LogP contribution in [0.15, 0.2) is 24.3 Å². The molecule has 29 heavy (non-hydrogen) atoms. The van der Waals surface area contributed by atoms with Crippen molar-refractivity contribution >= 4 is 43.1 Å². The van der Waals surface area contributed by atoms with Crippen molar-refractivity contribution in [1.82, 2.24) is 15.1 Å². The number of halogens is 3. The van der Waals surface area contributed by atoms with Gasteiger partial charge in [-0.25, -0.2) is 0 Å². The van der Waals surface area contributed by atoms with Gasteiger partial charge in [0.2, 0.25) is 5.91 Å². The van der Waals surface area contributed by atoms with Gasteiger partial charge in [-0.2, -0.15) is 0 Å². The van der Waals surface area contributed by atoms with E-state index in [0.717, 1.165) is 65.0 Å². The molecule has 1 saturated heterocycles. The quantitative estimate of drug-likeness (QED) is 0.673. The van der Waals surface area contributed by atoms with Gasteiger partial charge in [-0.05, 0) is 30.5 Å². The minimum Gasteiger partial charge on any atom is -0.350 e. The minimum atomic E-state index is -0.663. The first-order valence-electron chi connectivity index (χ1n) is 10.2. The number of carbonyl (C=O) groups excluding carboxylic acids is 1. The zero-order chi connectivity index (χ0) is 18.4. The maximum atomic E-state index is 12.6. The van der Waals surface area contributed by atoms with E-state index in [4.69, 9.17) is 5.73 Å². The number of nitrogens with zero attached hydrogens (tertiary/aromatic N) is 2. The van der Waals surface area contributed by atoms with Gasteiger partial charge in [0.15, 0.2) is 0 Å². The van der Waals surface area contributed by atoms with Crippen LogP contribution >= 0.6 is 37.2 Å². The van der Waals surface area contributed by atoms with Gasteiger partial charge in [0.25, 0.3) is 0 Å². The van der Waals surface area contributed by atoms with Crippen LogP contribution in [-0.4, -0.2) is 54.0 Å². The number of benzene rings is 1. The summed E-state index contributed by atoms with van der Waals surface area (Å²) in [4.78, 5) is 17.6. The molecule has 3 N–H and O–H groups in total. The minimum absolute atomic E-state index is 0. The lowest BCUT2D eigenvalue weighted by molar-refractivity contribution is -0.127. The number of likely N-dealkylation sites (N-methyl/N-ethyl adjacent to an activating group) is 1. The molecule has 0 unspecified atom stereocenters. The summed E-state index contributed by atoms with van der Waals surface area (Å²) >= 11 is 0. The van der Waals surface area contributed by atoms with E-state index in [-0.39, 0.29) is 43.1 Å². The van der Waals surface area contributed by atoms with Crippen molar-refractivity contribution in [3.63, 3.8) is 0 Å². The fraction of sp³-hybridized carbons (Fsp3) is 0.667. The lowest BCUT2D eigenvalue weighted by Gasteiger charge is -2.34. The Kier molecular flexibility index (Phi) is 13.4. The van der Waals surface area contributed by atoms with Crippen LogP contribution in [0.5, 0.6) is 0 Å². The summed E-state index contributed by atoms with van der Waals surface area (Å²) in [6.45, 7) is 9.40. The second-order valence-electron chi connectivity index (χ2n) is 7.88. The number of rotatable bonds is 6. The third-order valence-corrected chi connectivity index (χ3v) is 6.06. The molecular formula is C21H37Cl3N4O. The summed E-state index contributed by atoms with van der Waals surface area (Å²) in [5.41, 5.74) is 8.21. The van der Waals surface area contributed by atoms with Crippen LogP contribution in [0.2, 0.25) is 0 Å². The normalized spacial score (nSPS) is 19.2. The van der Waals surface area contributed by atoms with Crippen molar-refractivity contribution in [3.8, 4) is 0 Å². The van der Waals surface area contributed by atoms with Crippen LogP contribution in [0.1, 0.15) is 50.2 Å². The first-order valence-corrected chi connectivity index (χ1v) is 10.2. The zero-order valence-corrected chi connectivity index (χ0v) is 19.8. The first kappa shape index (κ1) is 28.4. The van der Waals surface area contributed by atoms with Gasteiger partial charge in [0, 0.05) is 39.3 Å². The SMILES string of the molecule is CCN1CCN(Cc2ccccc2CNC(=O)C2(N)CCCCC2)CC1.Cl.Cl.Cl. The molecule has 1 aliphatic carbocycles. The Labute approximate surface area is 194 Å². The van der Waals surface area contributed by atoms with Crippen LogP contribution in [0, 0.1) is 0 Å². The Hall–Kier alpha value is -0.560. The number of hydrogen-bond acceptors (Lipinski definition) is 4. The van der Waals surface area contributed by atoms with Crippen molar-refractivity contribution < 1.29 is 4.79 Å². The molecule has 1 aliphatic heterocycles. The lowest BCUT2D eigenvalue weighted by Crippen LogP contribution is -2.54. The summed E-state index contributed by atoms with van der Waals surface area (Å²) in [6, 6.07) is 8.46. The van der Waals surface area contributed by atoms with E-state index in [0.29, 0.717) is 6.54 Å². The van der Waals surface area contributed by atoms with Crippen molar-refractivity contribution in [2.24, 2.45) is 5.73 Å². The highest BCUT2D eigenvalue weighted by atomic mass is 35.5. The summed E-state index contributed by atoms with van der Waals surface area (Å²) < 4.78 is 0. The number of nitrogens with one attached hydrogen (secondary N) is 1. The predicted molar refractivity (Wildman–Crippen MR) is 127 cm³/mol. The van der Waals surface area contributed by atoms with E-state index in [9.17, 15) is 4.79 Å². The van der Waals surface area contributed by atoms with Crippen molar-refractivity contribution in [1.29, 1.82) is 0 Å². The molecule has 8 heteroatoms. The third kappa shape index (κ3) is 7.89. The molecule has 1 saturated carbocycles. The monoisotopic (exact) mass is 466 g/mol. The molecule has 2 fully saturated rings. The number of piperazine rings is 1. The Morgan fingerprint density at radius 1 is 0.966 bits per heavy atom. The Bertz CT molecular complexity index is 603. The molecule has 168 valence electrons. The number of carbonyl (C=O) groups is 1. The van der Waals surface area contributed by atoms with Gasteiger partial charge >= 0.3 is 0 Å². The van der Waals surface area contributed by atoms with E-state index in [1.165, 1.54) is 17.5 Å². The van der Waals surface area contributed by atoms with E-state index >= 15 is 0 Å². The molecule has 1 aromatic rings. The molecule has 1 aromatic carbocycles. The topological polar surface area (TPSA) is 61.6 Å². The highest BCUT2D eigenvalue weighted by Gasteiger charge is 2.35. The summed E-state index contributed by atoms with van der Waals surface area (Å²) in [5.74, 6) is 0.0172. The summed E-state index contributed by atoms with van der Waals surface area (Å²) in [6.07, 6.45) is 4.93. The van der Waals surface area contributed by atoms with Gasteiger partial charge in [-0.15, -0.1) is 37.2 Å². The second-order valence-corrected chi connectivity index (χ2v) is 7.88. The van der Waals surface area contributed by atoms with Crippen LogP contribution in [0.3, 0.4) is 0 Å². The highest BCUT2D eigenvalue weighted by molar-refractivity contribution is 5.86. The molecule has 0 bridgehead atoms. The maximum absolute atomic E-state index is 12.6. The molecule has 0 radical (unpaired) electrons. The van der Waals surface area contributed by atoms with E-state index in [2.05, 4.69) is 46.3 Å². The molecule has 2 aliphatic rings. The highest BCUT2D eigenvalue weighted by Crippen LogP contribution is 2.26. The van der Waals surface area contributed by atoms with Gasteiger partial charge in [0.05, 0.1) is 5.54 Å². The van der Waals surface area contributed by atoms with Crippen LogP contribution < -0.4 is 11.1 Å². The Morgan fingerprint density at radius 2 is 1.52 bits per heavy atom. The maximum Gasteiger partial charge on any atom is 0.240 e. The predicted octanol–water partition coefficient (Wildman–Crippen LogP) is 3.37. The summed E-state index contributed by atoms with van der Waals surface area (Å²) in [5, 5.41) is 3.11. The molecule has 1 amide bonds. The largest absolute Gasteiger partial charge is 0.350 e. The number of nitrogens with two attached hydrogens (primary N) is 1. The van der Waals surface area contributed by atoms with Gasteiger partial charge in [0.1, 0.15) is 0 Å². The number of hydrogen-bond donors (Lipinski definition) is 2. The van der Waals surface area contributed by atoms with Crippen LogP contribution in [-0.2, 0) is 17.9 Å². The molecule has 3 rings (SSSR count). The fourth-order valence-electron chi connectivity index (χ4n) is 4.15. The van der Waals surface area contributed by atoms with Crippen molar-refractivity contribution in [2.45, 2.75) is 57.7 Å². The van der Waals surface area contributed by atoms with Crippen LogP contribution in [0.4, 0.5) is 0 Å². The van der Waals surface area contributed by atoms with Gasteiger partial charge in [-0.3, -0.25) is 9.69 Å². The van der Waals surface area contributed by atoms with Crippen LogP contribution in [0.25, 0.3) is 0 Å². The smallest absolute Gasteiger partial charge is 0.240 e. The van der Waals surface area contributed by atoms with Crippen molar-refractivity contribution in [3.05, 3.63) is 35.4 Å². The number of amides is 1. The van der Waals surface area contributed by atoms with E-state index in [1.807, 2.05) is 0 Å². The first-order chi connectivity index (χ1) is 12.6.